The highest BCUT2D eigenvalue weighted by Crippen LogP contribution is 2.52. The van der Waals surface area contributed by atoms with E-state index in [4.69, 9.17) is 0 Å². The van der Waals surface area contributed by atoms with Crippen LogP contribution in [0, 0.1) is 0 Å². The summed E-state index contributed by atoms with van der Waals surface area (Å²) < 4.78 is 0. The van der Waals surface area contributed by atoms with Gasteiger partial charge in [0.05, 0.1) is 0 Å². The van der Waals surface area contributed by atoms with E-state index in [9.17, 15) is 0 Å². The first-order valence-corrected chi connectivity index (χ1v) is 17.4. The van der Waals surface area contributed by atoms with Gasteiger partial charge in [-0.1, -0.05) is 153 Å². The van der Waals surface area contributed by atoms with Gasteiger partial charge in [0.2, 0.25) is 0 Å². The van der Waals surface area contributed by atoms with Crippen molar-refractivity contribution < 1.29 is 0 Å². The number of hydrogen-bond acceptors (Lipinski definition) is 1. The lowest BCUT2D eigenvalue weighted by atomic mass is 9.82. The zero-order chi connectivity index (χ0) is 33.7. The number of benzene rings is 8. The Balaban J connectivity index is 1.17. The predicted octanol–water partition coefficient (Wildman–Crippen LogP) is 13.6. The van der Waals surface area contributed by atoms with E-state index in [-0.39, 0.29) is 5.41 Å². The summed E-state index contributed by atoms with van der Waals surface area (Å²) in [7, 11) is 0. The van der Waals surface area contributed by atoms with Crippen LogP contribution in [0.1, 0.15) is 25.0 Å². The molecule has 50 heavy (non-hydrogen) atoms. The molecule has 0 unspecified atom stereocenters. The van der Waals surface area contributed by atoms with E-state index in [1.807, 2.05) is 0 Å². The van der Waals surface area contributed by atoms with E-state index in [2.05, 4.69) is 207 Å². The van der Waals surface area contributed by atoms with E-state index in [0.29, 0.717) is 0 Å². The fourth-order valence-electron chi connectivity index (χ4n) is 7.84. The van der Waals surface area contributed by atoms with Crippen molar-refractivity contribution >= 4 is 27.8 Å². The summed E-state index contributed by atoms with van der Waals surface area (Å²) in [5, 5.41) is 2.57. The number of anilines is 3. The third-order valence-electron chi connectivity index (χ3n) is 10.5. The third kappa shape index (κ3) is 5.11. The topological polar surface area (TPSA) is 3.24 Å². The maximum absolute atomic E-state index is 2.40. The van der Waals surface area contributed by atoms with Crippen LogP contribution in [0.4, 0.5) is 17.1 Å². The number of hydrogen-bond donors (Lipinski definition) is 0. The van der Waals surface area contributed by atoms with E-state index >= 15 is 0 Å². The molecule has 9 rings (SSSR count). The normalized spacial score (nSPS) is 12.8. The van der Waals surface area contributed by atoms with Gasteiger partial charge in [-0.3, -0.25) is 0 Å². The summed E-state index contributed by atoms with van der Waals surface area (Å²) in [6, 6.07) is 68.5. The minimum Gasteiger partial charge on any atom is -0.310 e. The third-order valence-corrected chi connectivity index (χ3v) is 10.5. The molecule has 0 saturated heterocycles. The van der Waals surface area contributed by atoms with E-state index in [0.717, 1.165) is 17.1 Å². The molecule has 1 aliphatic carbocycles. The standard InChI is InChI=1S/C49H37N/c1-49(2)47-30-29-42(33-46(47)45-31-38-17-9-10-18-39(38)32-48(45)49)50(40-25-21-35(22-26-40)34-13-5-3-6-14-34)41-27-23-37(24-28-41)44-20-12-11-19-43(44)36-15-7-4-8-16-36/h3-33H,1-2H3. The van der Waals surface area contributed by atoms with Crippen LogP contribution in [-0.4, -0.2) is 0 Å². The summed E-state index contributed by atoms with van der Waals surface area (Å²) in [6.45, 7) is 4.72. The van der Waals surface area contributed by atoms with Crippen molar-refractivity contribution in [1.82, 2.24) is 0 Å². The lowest BCUT2D eigenvalue weighted by Gasteiger charge is -2.27. The summed E-state index contributed by atoms with van der Waals surface area (Å²) in [4.78, 5) is 2.40. The molecule has 0 saturated carbocycles. The van der Waals surface area contributed by atoms with Gasteiger partial charge < -0.3 is 4.90 Å². The van der Waals surface area contributed by atoms with Crippen molar-refractivity contribution in [2.24, 2.45) is 0 Å². The van der Waals surface area contributed by atoms with Crippen molar-refractivity contribution in [3.63, 3.8) is 0 Å². The second kappa shape index (κ2) is 12.1. The van der Waals surface area contributed by atoms with Gasteiger partial charge in [-0.05, 0) is 115 Å². The van der Waals surface area contributed by atoms with Gasteiger partial charge in [0, 0.05) is 22.5 Å². The molecule has 8 aromatic carbocycles. The molecule has 0 aliphatic heterocycles. The molecule has 0 amide bonds. The summed E-state index contributed by atoms with van der Waals surface area (Å²) in [5.41, 5.74) is 16.0. The zero-order valence-electron chi connectivity index (χ0n) is 28.3. The van der Waals surface area contributed by atoms with Gasteiger partial charge in [0.15, 0.2) is 0 Å². The Morgan fingerprint density at radius 1 is 0.320 bits per heavy atom. The SMILES string of the molecule is CC1(C)c2ccc(N(c3ccc(-c4ccccc4)cc3)c3ccc(-c4ccccc4-c4ccccc4)cc3)cc2-c2cc3ccccc3cc21. The van der Waals surface area contributed by atoms with Crippen molar-refractivity contribution in [1.29, 1.82) is 0 Å². The molecule has 1 aliphatic rings. The molecule has 8 aromatic rings. The molecule has 0 fully saturated rings. The van der Waals surface area contributed by atoms with E-state index in [1.54, 1.807) is 0 Å². The average Bonchev–Trinajstić information content (AvgIpc) is 3.40. The highest BCUT2D eigenvalue weighted by Gasteiger charge is 2.36. The Morgan fingerprint density at radius 2 is 0.760 bits per heavy atom. The Labute approximate surface area is 294 Å². The number of fused-ring (bicyclic) bond motifs is 4. The van der Waals surface area contributed by atoms with Crippen LogP contribution in [0.3, 0.4) is 0 Å². The van der Waals surface area contributed by atoms with Crippen molar-refractivity contribution in [2.75, 3.05) is 4.90 Å². The molecule has 238 valence electrons. The first-order chi connectivity index (χ1) is 24.5. The summed E-state index contributed by atoms with van der Waals surface area (Å²) in [6.07, 6.45) is 0. The predicted molar refractivity (Wildman–Crippen MR) is 213 cm³/mol. The van der Waals surface area contributed by atoms with Crippen molar-refractivity contribution in [3.05, 3.63) is 199 Å². The molecular formula is C49H37N. The summed E-state index contributed by atoms with van der Waals surface area (Å²) in [5.74, 6) is 0. The molecule has 0 heterocycles. The molecule has 0 spiro atoms. The van der Waals surface area contributed by atoms with Gasteiger partial charge >= 0.3 is 0 Å². The van der Waals surface area contributed by atoms with Gasteiger partial charge in [-0.15, -0.1) is 0 Å². The lowest BCUT2D eigenvalue weighted by Crippen LogP contribution is -2.15. The molecule has 1 nitrogen and oxygen atoms in total. The molecule has 0 radical (unpaired) electrons. The van der Waals surface area contributed by atoms with Crippen LogP contribution in [0.2, 0.25) is 0 Å². The summed E-state index contributed by atoms with van der Waals surface area (Å²) >= 11 is 0. The first-order valence-electron chi connectivity index (χ1n) is 17.4. The van der Waals surface area contributed by atoms with Gasteiger partial charge in [0.25, 0.3) is 0 Å². The van der Waals surface area contributed by atoms with E-state index < -0.39 is 0 Å². The quantitative estimate of drug-likeness (QED) is 0.175. The van der Waals surface area contributed by atoms with Crippen LogP contribution in [0.15, 0.2) is 188 Å². The van der Waals surface area contributed by atoms with Crippen LogP contribution < -0.4 is 4.90 Å². The highest BCUT2D eigenvalue weighted by atomic mass is 15.1. The fourth-order valence-corrected chi connectivity index (χ4v) is 7.84. The lowest BCUT2D eigenvalue weighted by molar-refractivity contribution is 0.661. The fraction of sp³-hybridized carbons (Fsp3) is 0.0612. The molecule has 0 aromatic heterocycles. The van der Waals surface area contributed by atoms with Crippen LogP contribution >= 0.6 is 0 Å². The van der Waals surface area contributed by atoms with E-state index in [1.165, 1.54) is 66.4 Å². The second-order valence-corrected chi connectivity index (χ2v) is 13.8. The second-order valence-electron chi connectivity index (χ2n) is 13.8. The molecule has 1 heteroatoms. The smallest absolute Gasteiger partial charge is 0.0468 e. The van der Waals surface area contributed by atoms with Gasteiger partial charge in [-0.25, -0.2) is 0 Å². The molecule has 0 atom stereocenters. The van der Waals surface area contributed by atoms with Crippen LogP contribution in [0.5, 0.6) is 0 Å². The monoisotopic (exact) mass is 639 g/mol. The highest BCUT2D eigenvalue weighted by molar-refractivity contribution is 5.95. The molecular weight excluding hydrogens is 603 g/mol. The number of rotatable bonds is 6. The van der Waals surface area contributed by atoms with Crippen molar-refractivity contribution in [2.45, 2.75) is 19.3 Å². The Kier molecular flexibility index (Phi) is 7.21. The Morgan fingerprint density at radius 3 is 1.38 bits per heavy atom. The zero-order valence-corrected chi connectivity index (χ0v) is 28.3. The average molecular weight is 640 g/mol. The number of nitrogens with zero attached hydrogens (tertiary/aromatic N) is 1. The van der Waals surface area contributed by atoms with Gasteiger partial charge in [-0.2, -0.15) is 0 Å². The minimum absolute atomic E-state index is 0.0802. The minimum atomic E-state index is -0.0802. The van der Waals surface area contributed by atoms with Crippen molar-refractivity contribution in [3.8, 4) is 44.5 Å². The van der Waals surface area contributed by atoms with Crippen LogP contribution in [0.25, 0.3) is 55.3 Å². The Hall–Kier alpha value is -6.18. The maximum Gasteiger partial charge on any atom is 0.0468 e. The molecule has 0 bridgehead atoms. The van der Waals surface area contributed by atoms with Gasteiger partial charge in [0.1, 0.15) is 0 Å². The Bertz CT molecular complexity index is 2470. The molecule has 0 N–H and O–H groups in total. The maximum atomic E-state index is 2.40. The largest absolute Gasteiger partial charge is 0.310 e. The van der Waals surface area contributed by atoms with Crippen LogP contribution in [-0.2, 0) is 5.41 Å². The first kappa shape index (κ1) is 29.9.